The molecule has 116 valence electrons. The first-order chi connectivity index (χ1) is 10.3. The van der Waals surface area contributed by atoms with Crippen molar-refractivity contribution in [3.63, 3.8) is 0 Å². The lowest BCUT2D eigenvalue weighted by Crippen LogP contribution is -2.48. The normalized spacial score (nSPS) is 19.4. The van der Waals surface area contributed by atoms with Crippen LogP contribution in [0, 0.1) is 0 Å². The molecule has 0 bridgehead atoms. The molecule has 0 atom stereocenters. The molecule has 1 amide bonds. The number of nitrogens with one attached hydrogen (secondary N) is 1. The first-order valence-electron chi connectivity index (χ1n) is 7.66. The summed E-state index contributed by atoms with van der Waals surface area (Å²) < 4.78 is 7.13. The first kappa shape index (κ1) is 14.3. The maximum Gasteiger partial charge on any atom is 0.409 e. The lowest BCUT2D eigenvalue weighted by molar-refractivity contribution is 0.0775. The van der Waals surface area contributed by atoms with Crippen molar-refractivity contribution >= 4 is 6.09 Å². The quantitative estimate of drug-likeness (QED) is 0.866. The van der Waals surface area contributed by atoms with Gasteiger partial charge in [-0.05, 0) is 13.0 Å². The Hall–Kier alpha value is -1.60. The Labute approximate surface area is 124 Å². The highest BCUT2D eigenvalue weighted by molar-refractivity contribution is 5.67. The number of piperazine rings is 1. The zero-order chi connectivity index (χ0) is 14.7. The molecular weight excluding hydrogens is 270 g/mol. The van der Waals surface area contributed by atoms with E-state index >= 15 is 0 Å². The van der Waals surface area contributed by atoms with E-state index in [4.69, 9.17) is 4.74 Å². The van der Waals surface area contributed by atoms with E-state index in [1.165, 1.54) is 5.69 Å². The van der Waals surface area contributed by atoms with E-state index in [1.807, 2.05) is 6.92 Å². The zero-order valence-corrected chi connectivity index (χ0v) is 12.5. The second-order valence-corrected chi connectivity index (χ2v) is 5.49. The van der Waals surface area contributed by atoms with Crippen molar-refractivity contribution in [1.82, 2.24) is 24.9 Å². The molecule has 1 aromatic rings. The van der Waals surface area contributed by atoms with Crippen molar-refractivity contribution in [2.75, 3.05) is 39.3 Å². The average Bonchev–Trinajstić information content (AvgIpc) is 2.90. The monoisotopic (exact) mass is 293 g/mol. The summed E-state index contributed by atoms with van der Waals surface area (Å²) in [7, 11) is 0. The summed E-state index contributed by atoms with van der Waals surface area (Å²) in [6.45, 7) is 9.19. The molecule has 7 nitrogen and oxygen atoms in total. The van der Waals surface area contributed by atoms with Crippen LogP contribution in [0.15, 0.2) is 6.07 Å². The summed E-state index contributed by atoms with van der Waals surface area (Å²) in [4.78, 5) is 15.8. The van der Waals surface area contributed by atoms with Gasteiger partial charge in [0, 0.05) is 45.8 Å². The molecule has 1 saturated heterocycles. The molecule has 0 aromatic carbocycles. The average molecular weight is 293 g/mol. The number of ether oxygens (including phenoxy) is 1. The Kier molecular flexibility index (Phi) is 4.40. The molecule has 1 aromatic heterocycles. The van der Waals surface area contributed by atoms with E-state index in [-0.39, 0.29) is 6.09 Å². The van der Waals surface area contributed by atoms with Crippen molar-refractivity contribution in [1.29, 1.82) is 0 Å². The van der Waals surface area contributed by atoms with Gasteiger partial charge in [0.1, 0.15) is 0 Å². The number of carbonyl (C=O) groups is 1. The molecule has 2 aliphatic heterocycles. The second kappa shape index (κ2) is 6.44. The van der Waals surface area contributed by atoms with E-state index in [1.54, 1.807) is 4.90 Å². The molecular formula is C14H23N5O2. The SMILES string of the molecule is CCOC(=O)N1CCN(Cc2cc3n(n2)CCNC3)CC1. The van der Waals surface area contributed by atoms with Gasteiger partial charge in [0.15, 0.2) is 0 Å². The standard InChI is InChI=1S/C14H23N5O2/c1-2-21-14(20)18-7-5-17(6-8-18)11-12-9-13-10-15-3-4-19(13)16-12/h9,15H,2-8,10-11H2,1H3. The second-order valence-electron chi connectivity index (χ2n) is 5.49. The van der Waals surface area contributed by atoms with Crippen LogP contribution in [0.2, 0.25) is 0 Å². The Morgan fingerprint density at radius 2 is 2.14 bits per heavy atom. The number of amides is 1. The van der Waals surface area contributed by atoms with Gasteiger partial charge in [0.25, 0.3) is 0 Å². The molecule has 0 spiro atoms. The fourth-order valence-corrected chi connectivity index (χ4v) is 2.86. The highest BCUT2D eigenvalue weighted by atomic mass is 16.6. The molecule has 2 aliphatic rings. The Morgan fingerprint density at radius 1 is 1.33 bits per heavy atom. The molecule has 0 aliphatic carbocycles. The van der Waals surface area contributed by atoms with E-state index in [0.717, 1.165) is 58.1 Å². The van der Waals surface area contributed by atoms with Crippen LogP contribution in [0.1, 0.15) is 18.3 Å². The number of aromatic nitrogens is 2. The number of rotatable bonds is 3. The van der Waals surface area contributed by atoms with E-state index in [0.29, 0.717) is 6.61 Å². The molecule has 1 N–H and O–H groups in total. The number of nitrogens with zero attached hydrogens (tertiary/aromatic N) is 4. The van der Waals surface area contributed by atoms with Crippen molar-refractivity contribution in [3.05, 3.63) is 17.5 Å². The molecule has 3 heterocycles. The minimum atomic E-state index is -0.194. The third-order valence-corrected chi connectivity index (χ3v) is 4.00. The zero-order valence-electron chi connectivity index (χ0n) is 12.5. The fraction of sp³-hybridized carbons (Fsp3) is 0.714. The van der Waals surface area contributed by atoms with Gasteiger partial charge in [-0.3, -0.25) is 9.58 Å². The molecule has 0 radical (unpaired) electrons. The summed E-state index contributed by atoms with van der Waals surface area (Å²) in [6.07, 6.45) is -0.194. The topological polar surface area (TPSA) is 62.6 Å². The van der Waals surface area contributed by atoms with Crippen molar-refractivity contribution in [2.24, 2.45) is 0 Å². The van der Waals surface area contributed by atoms with Crippen LogP contribution >= 0.6 is 0 Å². The fourth-order valence-electron chi connectivity index (χ4n) is 2.86. The van der Waals surface area contributed by atoms with Gasteiger partial charge >= 0.3 is 6.09 Å². The van der Waals surface area contributed by atoms with Crippen LogP contribution < -0.4 is 5.32 Å². The van der Waals surface area contributed by atoms with Crippen molar-refractivity contribution in [3.8, 4) is 0 Å². The Bertz CT molecular complexity index is 470. The number of hydrogen-bond acceptors (Lipinski definition) is 5. The highest BCUT2D eigenvalue weighted by Gasteiger charge is 2.22. The Morgan fingerprint density at radius 3 is 2.86 bits per heavy atom. The predicted octanol–water partition coefficient (Wildman–Crippen LogP) is 0.260. The van der Waals surface area contributed by atoms with Crippen LogP contribution in [-0.4, -0.2) is 65.0 Å². The molecule has 3 rings (SSSR count). The van der Waals surface area contributed by atoms with Gasteiger partial charge in [0.2, 0.25) is 0 Å². The summed E-state index contributed by atoms with van der Waals surface area (Å²) in [5, 5.41) is 8.01. The maximum atomic E-state index is 11.7. The minimum Gasteiger partial charge on any atom is -0.450 e. The predicted molar refractivity (Wildman–Crippen MR) is 77.8 cm³/mol. The van der Waals surface area contributed by atoms with Crippen LogP contribution in [0.4, 0.5) is 4.79 Å². The summed E-state index contributed by atoms with van der Waals surface area (Å²) in [5.41, 5.74) is 2.39. The largest absolute Gasteiger partial charge is 0.450 e. The van der Waals surface area contributed by atoms with Crippen LogP contribution in [0.3, 0.4) is 0 Å². The summed E-state index contributed by atoms with van der Waals surface area (Å²) in [5.74, 6) is 0. The van der Waals surface area contributed by atoms with Crippen molar-refractivity contribution in [2.45, 2.75) is 26.6 Å². The maximum absolute atomic E-state index is 11.7. The van der Waals surface area contributed by atoms with Crippen LogP contribution in [0.25, 0.3) is 0 Å². The van der Waals surface area contributed by atoms with Gasteiger partial charge < -0.3 is 15.0 Å². The van der Waals surface area contributed by atoms with Crippen molar-refractivity contribution < 1.29 is 9.53 Å². The summed E-state index contributed by atoms with van der Waals surface area (Å²) >= 11 is 0. The smallest absolute Gasteiger partial charge is 0.409 e. The molecule has 0 unspecified atom stereocenters. The number of hydrogen-bond donors (Lipinski definition) is 1. The van der Waals surface area contributed by atoms with Gasteiger partial charge in [-0.2, -0.15) is 5.10 Å². The highest BCUT2D eigenvalue weighted by Crippen LogP contribution is 2.12. The summed E-state index contributed by atoms with van der Waals surface area (Å²) in [6, 6.07) is 2.18. The molecule has 7 heteroatoms. The molecule has 0 saturated carbocycles. The van der Waals surface area contributed by atoms with Gasteiger partial charge in [0.05, 0.1) is 24.5 Å². The van der Waals surface area contributed by atoms with E-state index < -0.39 is 0 Å². The van der Waals surface area contributed by atoms with Gasteiger partial charge in [-0.1, -0.05) is 0 Å². The third-order valence-electron chi connectivity index (χ3n) is 4.00. The Balaban J connectivity index is 1.51. The van der Waals surface area contributed by atoms with Crippen LogP contribution in [-0.2, 0) is 24.4 Å². The molecule has 1 fully saturated rings. The van der Waals surface area contributed by atoms with E-state index in [2.05, 4.69) is 26.1 Å². The third kappa shape index (κ3) is 3.36. The van der Waals surface area contributed by atoms with Crippen LogP contribution in [0.5, 0.6) is 0 Å². The molecule has 21 heavy (non-hydrogen) atoms. The number of fused-ring (bicyclic) bond motifs is 1. The first-order valence-corrected chi connectivity index (χ1v) is 7.66. The van der Waals surface area contributed by atoms with Gasteiger partial charge in [-0.15, -0.1) is 0 Å². The lowest BCUT2D eigenvalue weighted by Gasteiger charge is -2.33. The number of carbonyl (C=O) groups excluding carboxylic acids is 1. The van der Waals surface area contributed by atoms with Gasteiger partial charge in [-0.25, -0.2) is 4.79 Å². The minimum absolute atomic E-state index is 0.194. The lowest BCUT2D eigenvalue weighted by atomic mass is 10.2. The van der Waals surface area contributed by atoms with E-state index in [9.17, 15) is 4.79 Å².